The highest BCUT2D eigenvalue weighted by atomic mass is 15.3. The van der Waals surface area contributed by atoms with E-state index in [-0.39, 0.29) is 0 Å². The normalized spacial score (nSPS) is 21.8. The molecular weight excluding hydrogens is 440 g/mol. The number of H-pyrrole nitrogens is 1. The third-order valence-corrected chi connectivity index (χ3v) is 7.13. The summed E-state index contributed by atoms with van der Waals surface area (Å²) in [5.41, 5.74) is 2.81. The van der Waals surface area contributed by atoms with Gasteiger partial charge in [-0.25, -0.2) is 9.97 Å². The van der Waals surface area contributed by atoms with E-state index in [9.17, 15) is 0 Å². The summed E-state index contributed by atoms with van der Waals surface area (Å²) in [6.45, 7) is 2.84. The number of aromatic amines is 1. The van der Waals surface area contributed by atoms with Crippen LogP contribution in [0, 0.1) is 18.3 Å². The van der Waals surface area contributed by atoms with Crippen molar-refractivity contribution in [1.29, 1.82) is 5.26 Å². The molecule has 4 aromatic rings. The SMILES string of the molecule is Cc1cc(Nc2nc(NC3CC4CCC(C3)N4CCC#N)nc3cc(-n4ccnc4)ccc23)n[nH]1. The standard InChI is InChI=1S/C25H28N10/c1-16-11-23(33-32-16)30-24-21-6-5-18(34-10-8-27-15-34)14-22(21)29-25(31-24)28-17-12-19-3-4-20(13-17)35(19)9-2-7-26/h5-6,8,10-11,14-15,17,19-20H,2-4,9,12-13H2,1H3,(H3,28,29,30,31,32,33). The molecule has 10 nitrogen and oxygen atoms in total. The van der Waals surface area contributed by atoms with E-state index in [1.165, 1.54) is 12.8 Å². The van der Waals surface area contributed by atoms with Gasteiger partial charge in [0.05, 0.1) is 17.9 Å². The quantitative estimate of drug-likeness (QED) is 0.373. The van der Waals surface area contributed by atoms with E-state index in [0.717, 1.165) is 53.3 Å². The number of hydrogen-bond donors (Lipinski definition) is 3. The molecule has 3 aromatic heterocycles. The molecule has 2 aliphatic heterocycles. The van der Waals surface area contributed by atoms with Crippen LogP contribution in [0.3, 0.4) is 0 Å². The van der Waals surface area contributed by atoms with Crippen LogP contribution in [0.4, 0.5) is 17.6 Å². The number of nitrogens with one attached hydrogen (secondary N) is 3. The van der Waals surface area contributed by atoms with E-state index in [2.05, 4.69) is 42.9 Å². The molecular formula is C25H28N10. The van der Waals surface area contributed by atoms with Gasteiger partial charge in [-0.2, -0.15) is 15.3 Å². The van der Waals surface area contributed by atoms with Gasteiger partial charge in [-0.05, 0) is 50.8 Å². The number of nitrogens with zero attached hydrogens (tertiary/aromatic N) is 7. The van der Waals surface area contributed by atoms with Crippen LogP contribution in [0.1, 0.15) is 37.8 Å². The highest BCUT2D eigenvalue weighted by Gasteiger charge is 2.40. The molecule has 1 aromatic carbocycles. The number of rotatable bonds is 7. The molecule has 10 heteroatoms. The number of aromatic nitrogens is 6. The molecule has 2 saturated heterocycles. The lowest BCUT2D eigenvalue weighted by Gasteiger charge is -2.38. The first kappa shape index (κ1) is 21.6. The number of benzene rings is 1. The minimum absolute atomic E-state index is 0.306. The molecule has 2 aliphatic rings. The number of aryl methyl sites for hydroxylation is 1. The Kier molecular flexibility index (Phi) is 5.54. The number of nitriles is 1. The summed E-state index contributed by atoms with van der Waals surface area (Å²) in [7, 11) is 0. The topological polar surface area (TPSA) is 123 Å². The molecule has 3 N–H and O–H groups in total. The van der Waals surface area contributed by atoms with Gasteiger partial charge in [0.2, 0.25) is 5.95 Å². The van der Waals surface area contributed by atoms with Crippen LogP contribution in [0.25, 0.3) is 16.6 Å². The van der Waals surface area contributed by atoms with Gasteiger partial charge in [0.25, 0.3) is 0 Å². The summed E-state index contributed by atoms with van der Waals surface area (Å²) in [6, 6.07) is 11.7. The van der Waals surface area contributed by atoms with E-state index in [0.29, 0.717) is 30.5 Å². The van der Waals surface area contributed by atoms with Crippen molar-refractivity contribution in [2.75, 3.05) is 17.2 Å². The van der Waals surface area contributed by atoms with Crippen molar-refractivity contribution < 1.29 is 0 Å². The van der Waals surface area contributed by atoms with Crippen LogP contribution in [-0.4, -0.2) is 59.3 Å². The molecule has 2 atom stereocenters. The van der Waals surface area contributed by atoms with E-state index in [4.69, 9.17) is 15.2 Å². The smallest absolute Gasteiger partial charge is 0.225 e. The lowest BCUT2D eigenvalue weighted by molar-refractivity contribution is 0.135. The number of hydrogen-bond acceptors (Lipinski definition) is 8. The van der Waals surface area contributed by atoms with Crippen molar-refractivity contribution in [3.8, 4) is 11.8 Å². The molecule has 0 radical (unpaired) electrons. The Morgan fingerprint density at radius 1 is 1.17 bits per heavy atom. The molecule has 35 heavy (non-hydrogen) atoms. The van der Waals surface area contributed by atoms with Gasteiger partial charge in [-0.1, -0.05) is 0 Å². The van der Waals surface area contributed by atoms with Gasteiger partial charge in [0.1, 0.15) is 5.82 Å². The minimum atomic E-state index is 0.306. The van der Waals surface area contributed by atoms with Crippen molar-refractivity contribution >= 4 is 28.5 Å². The molecule has 5 heterocycles. The first-order valence-electron chi connectivity index (χ1n) is 12.1. The van der Waals surface area contributed by atoms with Gasteiger partial charge < -0.3 is 15.2 Å². The molecule has 2 bridgehead atoms. The summed E-state index contributed by atoms with van der Waals surface area (Å²) in [5.74, 6) is 2.05. The third-order valence-electron chi connectivity index (χ3n) is 7.13. The third kappa shape index (κ3) is 4.31. The number of anilines is 3. The Morgan fingerprint density at radius 2 is 2.03 bits per heavy atom. The van der Waals surface area contributed by atoms with E-state index < -0.39 is 0 Å². The lowest BCUT2D eigenvalue weighted by atomic mass is 9.97. The summed E-state index contributed by atoms with van der Waals surface area (Å²) in [4.78, 5) is 16.5. The number of piperidine rings is 1. The first-order valence-corrected chi connectivity index (χ1v) is 12.1. The average molecular weight is 469 g/mol. The second-order valence-corrected chi connectivity index (χ2v) is 9.47. The van der Waals surface area contributed by atoms with Crippen molar-refractivity contribution in [2.24, 2.45) is 0 Å². The second kappa shape index (κ2) is 9.00. The molecule has 0 saturated carbocycles. The van der Waals surface area contributed by atoms with Gasteiger partial charge in [-0.15, -0.1) is 0 Å². The fourth-order valence-corrected chi connectivity index (χ4v) is 5.57. The summed E-state index contributed by atoms with van der Waals surface area (Å²) < 4.78 is 1.97. The van der Waals surface area contributed by atoms with Gasteiger partial charge in [0.15, 0.2) is 5.82 Å². The van der Waals surface area contributed by atoms with E-state index in [1.54, 1.807) is 12.5 Å². The molecule has 0 aliphatic carbocycles. The zero-order valence-corrected chi connectivity index (χ0v) is 19.6. The summed E-state index contributed by atoms with van der Waals surface area (Å²) in [6.07, 6.45) is 10.5. The van der Waals surface area contributed by atoms with Crippen molar-refractivity contribution in [2.45, 2.75) is 57.2 Å². The maximum Gasteiger partial charge on any atom is 0.225 e. The molecule has 2 fully saturated rings. The first-order chi connectivity index (χ1) is 17.2. The minimum Gasteiger partial charge on any atom is -0.351 e. The fourth-order valence-electron chi connectivity index (χ4n) is 5.57. The van der Waals surface area contributed by atoms with Crippen molar-refractivity contribution in [3.63, 3.8) is 0 Å². The second-order valence-electron chi connectivity index (χ2n) is 9.47. The van der Waals surface area contributed by atoms with Gasteiger partial charge in [0, 0.05) is 66.3 Å². The monoisotopic (exact) mass is 468 g/mol. The highest BCUT2D eigenvalue weighted by molar-refractivity contribution is 5.92. The van der Waals surface area contributed by atoms with Gasteiger partial charge >= 0.3 is 0 Å². The van der Waals surface area contributed by atoms with Crippen LogP contribution < -0.4 is 10.6 Å². The maximum absolute atomic E-state index is 9.01. The Balaban J connectivity index is 1.31. The number of fused-ring (bicyclic) bond motifs is 3. The average Bonchev–Trinajstić information content (AvgIpc) is 3.58. The van der Waals surface area contributed by atoms with Crippen LogP contribution in [-0.2, 0) is 0 Å². The highest BCUT2D eigenvalue weighted by Crippen LogP contribution is 2.37. The predicted molar refractivity (Wildman–Crippen MR) is 134 cm³/mol. The van der Waals surface area contributed by atoms with E-state index >= 15 is 0 Å². The van der Waals surface area contributed by atoms with Gasteiger partial charge in [-0.3, -0.25) is 10.00 Å². The summed E-state index contributed by atoms with van der Waals surface area (Å²) >= 11 is 0. The maximum atomic E-state index is 9.01. The molecule has 0 spiro atoms. The number of imidazole rings is 1. The van der Waals surface area contributed by atoms with Crippen molar-refractivity contribution in [3.05, 3.63) is 48.7 Å². The van der Waals surface area contributed by atoms with Crippen LogP contribution in [0.15, 0.2) is 43.0 Å². The molecule has 178 valence electrons. The summed E-state index contributed by atoms with van der Waals surface area (Å²) in [5, 5.41) is 24.2. The Bertz CT molecular complexity index is 1350. The molecule has 0 amide bonds. The van der Waals surface area contributed by atoms with Crippen LogP contribution in [0.2, 0.25) is 0 Å². The zero-order chi connectivity index (χ0) is 23.8. The Morgan fingerprint density at radius 3 is 2.74 bits per heavy atom. The zero-order valence-electron chi connectivity index (χ0n) is 19.6. The molecule has 2 unspecified atom stereocenters. The largest absolute Gasteiger partial charge is 0.351 e. The van der Waals surface area contributed by atoms with E-state index in [1.807, 2.05) is 35.9 Å². The fraction of sp³-hybridized carbons (Fsp3) is 0.400. The van der Waals surface area contributed by atoms with Crippen molar-refractivity contribution in [1.82, 2.24) is 34.6 Å². The van der Waals surface area contributed by atoms with Crippen LogP contribution >= 0.6 is 0 Å². The van der Waals surface area contributed by atoms with Crippen LogP contribution in [0.5, 0.6) is 0 Å². The predicted octanol–water partition coefficient (Wildman–Crippen LogP) is 3.91. The Hall–Kier alpha value is -3.97. The lowest BCUT2D eigenvalue weighted by Crippen LogP contribution is -2.47. The molecule has 6 rings (SSSR count). The Labute approximate surface area is 203 Å².